The lowest BCUT2D eigenvalue weighted by atomic mass is 10.1. The highest BCUT2D eigenvalue weighted by Crippen LogP contribution is 2.26. The van der Waals surface area contributed by atoms with Gasteiger partial charge in [-0.2, -0.15) is 8.78 Å². The quantitative estimate of drug-likeness (QED) is 0.847. The van der Waals surface area contributed by atoms with Crippen molar-refractivity contribution in [1.29, 1.82) is 0 Å². The number of pyridine rings is 1. The number of hydrogen-bond donors (Lipinski definition) is 1. The number of halogens is 2. The van der Waals surface area contributed by atoms with Gasteiger partial charge in [0.2, 0.25) is 0 Å². The Morgan fingerprint density at radius 3 is 2.57 bits per heavy atom. The molecule has 1 N–H and O–H groups in total. The molecule has 3 nitrogen and oxygen atoms in total. The largest absolute Gasteiger partial charge is 0.434 e. The van der Waals surface area contributed by atoms with E-state index in [-0.39, 0.29) is 11.8 Å². The van der Waals surface area contributed by atoms with E-state index >= 15 is 0 Å². The minimum atomic E-state index is -2.81. The van der Waals surface area contributed by atoms with Crippen LogP contribution in [0.5, 0.6) is 5.75 Å². The molecular weight excluding hydrogens is 274 g/mol. The van der Waals surface area contributed by atoms with Crippen LogP contribution in [0.4, 0.5) is 8.78 Å². The van der Waals surface area contributed by atoms with Crippen LogP contribution in [0.3, 0.4) is 0 Å². The Morgan fingerprint density at radius 2 is 1.86 bits per heavy atom. The minimum absolute atomic E-state index is 0.0678. The van der Waals surface area contributed by atoms with Crippen molar-refractivity contribution in [3.05, 3.63) is 59.9 Å². The van der Waals surface area contributed by atoms with E-state index in [1.807, 2.05) is 25.1 Å². The van der Waals surface area contributed by atoms with Crippen molar-refractivity contribution in [1.82, 2.24) is 10.3 Å². The summed E-state index contributed by atoms with van der Waals surface area (Å²) in [4.78, 5) is 3.97. The smallest absolute Gasteiger partial charge is 0.387 e. The molecule has 1 atom stereocenters. The predicted octanol–water partition coefficient (Wildman–Crippen LogP) is 3.58. The fraction of sp³-hybridized carbons (Fsp3) is 0.312. The molecule has 0 spiro atoms. The number of nitrogens with zero attached hydrogens (tertiary/aromatic N) is 1. The van der Waals surface area contributed by atoms with E-state index in [9.17, 15) is 8.78 Å². The molecular formula is C16H18F2N2O. The van der Waals surface area contributed by atoms with Crippen molar-refractivity contribution in [2.75, 3.05) is 6.54 Å². The molecule has 21 heavy (non-hydrogen) atoms. The molecule has 112 valence electrons. The Kier molecular flexibility index (Phi) is 5.63. The van der Waals surface area contributed by atoms with Gasteiger partial charge in [-0.1, -0.05) is 18.2 Å². The van der Waals surface area contributed by atoms with Crippen molar-refractivity contribution in [3.8, 4) is 5.75 Å². The average Bonchev–Trinajstić information content (AvgIpc) is 2.48. The second-order valence-corrected chi connectivity index (χ2v) is 4.70. The molecule has 0 fully saturated rings. The first-order chi connectivity index (χ1) is 10.2. The van der Waals surface area contributed by atoms with E-state index in [1.165, 1.54) is 5.56 Å². The number of hydrogen-bond acceptors (Lipinski definition) is 3. The summed E-state index contributed by atoms with van der Waals surface area (Å²) in [5, 5.41) is 3.32. The Hall–Kier alpha value is -2.01. The van der Waals surface area contributed by atoms with Gasteiger partial charge in [0.1, 0.15) is 5.75 Å². The highest BCUT2D eigenvalue weighted by Gasteiger charge is 2.13. The zero-order valence-corrected chi connectivity index (χ0v) is 11.8. The van der Waals surface area contributed by atoms with Crippen molar-refractivity contribution >= 4 is 0 Å². The molecule has 0 saturated carbocycles. The van der Waals surface area contributed by atoms with E-state index in [4.69, 9.17) is 0 Å². The number of ether oxygens (including phenoxy) is 1. The van der Waals surface area contributed by atoms with E-state index in [0.717, 1.165) is 18.5 Å². The standard InChI is InChI=1S/C16H18F2N2O/c1-12(20-11-8-13-6-9-19-10-7-13)14-4-2-3-5-15(14)21-16(17)18/h2-7,9-10,12,16,20H,8,11H2,1H3. The molecule has 0 aliphatic rings. The molecule has 2 rings (SSSR count). The first-order valence-electron chi connectivity index (χ1n) is 6.83. The van der Waals surface area contributed by atoms with Crippen LogP contribution in [-0.2, 0) is 6.42 Å². The normalized spacial score (nSPS) is 12.4. The third-order valence-corrected chi connectivity index (χ3v) is 3.22. The molecule has 5 heteroatoms. The second-order valence-electron chi connectivity index (χ2n) is 4.70. The Bertz CT molecular complexity index is 549. The molecule has 0 saturated heterocycles. The number of benzene rings is 1. The summed E-state index contributed by atoms with van der Waals surface area (Å²) in [6.45, 7) is -0.135. The molecule has 0 amide bonds. The molecule has 2 aromatic rings. The summed E-state index contributed by atoms with van der Waals surface area (Å²) in [6, 6.07) is 10.7. The molecule has 1 aromatic carbocycles. The minimum Gasteiger partial charge on any atom is -0.434 e. The van der Waals surface area contributed by atoms with Gasteiger partial charge in [0, 0.05) is 24.0 Å². The van der Waals surface area contributed by atoms with Gasteiger partial charge < -0.3 is 10.1 Å². The van der Waals surface area contributed by atoms with E-state index in [2.05, 4.69) is 15.0 Å². The maximum Gasteiger partial charge on any atom is 0.387 e. The van der Waals surface area contributed by atoms with Gasteiger partial charge in [-0.05, 0) is 43.7 Å². The van der Waals surface area contributed by atoms with Gasteiger partial charge in [0.05, 0.1) is 0 Å². The summed E-state index contributed by atoms with van der Waals surface area (Å²) >= 11 is 0. The molecule has 0 aliphatic heterocycles. The van der Waals surface area contributed by atoms with Crippen LogP contribution in [0.2, 0.25) is 0 Å². The fourth-order valence-corrected chi connectivity index (χ4v) is 2.13. The van der Waals surface area contributed by atoms with Crippen molar-refractivity contribution in [3.63, 3.8) is 0 Å². The molecule has 0 bridgehead atoms. The van der Waals surface area contributed by atoms with Crippen LogP contribution in [0.1, 0.15) is 24.1 Å². The first kappa shape index (κ1) is 15.4. The van der Waals surface area contributed by atoms with Crippen molar-refractivity contribution in [2.24, 2.45) is 0 Å². The third-order valence-electron chi connectivity index (χ3n) is 3.22. The summed E-state index contributed by atoms with van der Waals surface area (Å²) in [5.41, 5.74) is 1.91. The van der Waals surface area contributed by atoms with Gasteiger partial charge in [0.25, 0.3) is 0 Å². The highest BCUT2D eigenvalue weighted by molar-refractivity contribution is 5.35. The topological polar surface area (TPSA) is 34.2 Å². The van der Waals surface area contributed by atoms with E-state index in [0.29, 0.717) is 0 Å². The van der Waals surface area contributed by atoms with E-state index < -0.39 is 6.61 Å². The first-order valence-corrected chi connectivity index (χ1v) is 6.83. The molecule has 1 heterocycles. The number of nitrogens with one attached hydrogen (secondary N) is 1. The molecule has 0 radical (unpaired) electrons. The lowest BCUT2D eigenvalue weighted by Gasteiger charge is -2.18. The number of rotatable bonds is 7. The SMILES string of the molecule is CC(NCCc1ccncc1)c1ccccc1OC(F)F. The van der Waals surface area contributed by atoms with Crippen LogP contribution >= 0.6 is 0 Å². The van der Waals surface area contributed by atoms with Crippen LogP contribution in [0, 0.1) is 0 Å². The zero-order valence-electron chi connectivity index (χ0n) is 11.8. The zero-order chi connectivity index (χ0) is 15.1. The van der Waals surface area contributed by atoms with Crippen molar-refractivity contribution in [2.45, 2.75) is 26.0 Å². The Balaban J connectivity index is 1.92. The van der Waals surface area contributed by atoms with E-state index in [1.54, 1.807) is 30.6 Å². The lowest BCUT2D eigenvalue weighted by molar-refractivity contribution is -0.0506. The number of aromatic nitrogens is 1. The summed E-state index contributed by atoms with van der Waals surface area (Å²) in [5.74, 6) is 0.219. The maximum absolute atomic E-state index is 12.4. The molecule has 1 aromatic heterocycles. The summed E-state index contributed by atoms with van der Waals surface area (Å²) in [6.07, 6.45) is 4.36. The second kappa shape index (κ2) is 7.69. The number of para-hydroxylation sites is 1. The van der Waals surface area contributed by atoms with Gasteiger partial charge in [0.15, 0.2) is 0 Å². The van der Waals surface area contributed by atoms with Gasteiger partial charge in [-0.15, -0.1) is 0 Å². The number of alkyl halides is 2. The van der Waals surface area contributed by atoms with Crippen LogP contribution in [0.25, 0.3) is 0 Å². The maximum atomic E-state index is 12.4. The predicted molar refractivity (Wildman–Crippen MR) is 77.4 cm³/mol. The summed E-state index contributed by atoms with van der Waals surface area (Å²) in [7, 11) is 0. The van der Waals surface area contributed by atoms with Gasteiger partial charge >= 0.3 is 6.61 Å². The summed E-state index contributed by atoms with van der Waals surface area (Å²) < 4.78 is 29.3. The monoisotopic (exact) mass is 292 g/mol. The Labute approximate surface area is 123 Å². The van der Waals surface area contributed by atoms with Crippen LogP contribution in [-0.4, -0.2) is 18.1 Å². The van der Waals surface area contributed by atoms with Crippen LogP contribution < -0.4 is 10.1 Å². The van der Waals surface area contributed by atoms with Gasteiger partial charge in [-0.3, -0.25) is 4.98 Å². The highest BCUT2D eigenvalue weighted by atomic mass is 19.3. The third kappa shape index (κ3) is 4.79. The van der Waals surface area contributed by atoms with Crippen molar-refractivity contribution < 1.29 is 13.5 Å². The van der Waals surface area contributed by atoms with Gasteiger partial charge in [-0.25, -0.2) is 0 Å². The molecule has 0 aliphatic carbocycles. The fourth-order valence-electron chi connectivity index (χ4n) is 2.13. The lowest BCUT2D eigenvalue weighted by Crippen LogP contribution is -2.22. The van der Waals surface area contributed by atoms with Crippen LogP contribution in [0.15, 0.2) is 48.8 Å². The Morgan fingerprint density at radius 1 is 1.14 bits per heavy atom. The molecule has 1 unspecified atom stereocenters. The average molecular weight is 292 g/mol.